The summed E-state index contributed by atoms with van der Waals surface area (Å²) < 4.78 is 29.3. The molecule has 0 fully saturated rings. The highest BCUT2D eigenvalue weighted by atomic mass is 19.1. The molecule has 0 aliphatic heterocycles. The molecule has 2 N–H and O–H groups in total. The maximum atomic E-state index is 13.6. The zero-order valence-electron chi connectivity index (χ0n) is 15.3. The second kappa shape index (κ2) is 8.16. The number of pyridine rings is 1. The van der Waals surface area contributed by atoms with E-state index >= 15 is 0 Å². The van der Waals surface area contributed by atoms with E-state index in [0.29, 0.717) is 18.9 Å². The third-order valence-corrected chi connectivity index (χ3v) is 4.16. The van der Waals surface area contributed by atoms with Crippen molar-refractivity contribution >= 4 is 22.8 Å². The first kappa shape index (κ1) is 18.8. The first-order chi connectivity index (χ1) is 13.0. The summed E-state index contributed by atoms with van der Waals surface area (Å²) in [6.07, 6.45) is 4.39. The number of carbonyl (C=O) groups excluding carboxylic acids is 1. The minimum Gasteiger partial charge on any atom is -0.338 e. The zero-order chi connectivity index (χ0) is 19.4. The molecule has 0 atom stereocenters. The number of amides is 2. The number of fused-ring (bicyclic) bond motifs is 1. The number of nitrogens with one attached hydrogen (secondary N) is 2. The molecular formula is C20H22F2N4O. The van der Waals surface area contributed by atoms with Gasteiger partial charge in [-0.3, -0.25) is 0 Å². The van der Waals surface area contributed by atoms with E-state index in [1.54, 1.807) is 6.20 Å². The Morgan fingerprint density at radius 1 is 1.19 bits per heavy atom. The SMILES string of the molecule is CC(C)Cn1cc(CCNC(=O)Nc2c(F)cccc2F)c2cccnc21. The lowest BCUT2D eigenvalue weighted by atomic mass is 10.1. The van der Waals surface area contributed by atoms with E-state index in [0.717, 1.165) is 35.3 Å². The summed E-state index contributed by atoms with van der Waals surface area (Å²) in [5, 5.41) is 5.89. The van der Waals surface area contributed by atoms with Crippen molar-refractivity contribution in [3.05, 3.63) is 59.9 Å². The summed E-state index contributed by atoms with van der Waals surface area (Å²) >= 11 is 0. The monoisotopic (exact) mass is 372 g/mol. The number of hydrogen-bond acceptors (Lipinski definition) is 2. The molecule has 7 heteroatoms. The van der Waals surface area contributed by atoms with Gasteiger partial charge in [-0.05, 0) is 42.2 Å². The van der Waals surface area contributed by atoms with E-state index in [1.807, 2.05) is 18.3 Å². The minimum absolute atomic E-state index is 0.331. The number of anilines is 1. The first-order valence-electron chi connectivity index (χ1n) is 8.87. The van der Waals surface area contributed by atoms with Crippen molar-refractivity contribution in [2.45, 2.75) is 26.8 Å². The van der Waals surface area contributed by atoms with Crippen LogP contribution in [-0.4, -0.2) is 22.1 Å². The second-order valence-electron chi connectivity index (χ2n) is 6.80. The molecule has 0 spiro atoms. The molecule has 0 saturated heterocycles. The summed E-state index contributed by atoms with van der Waals surface area (Å²) in [7, 11) is 0. The highest BCUT2D eigenvalue weighted by Gasteiger charge is 2.13. The average molecular weight is 372 g/mol. The molecule has 0 radical (unpaired) electrons. The van der Waals surface area contributed by atoms with Crippen LogP contribution in [0.5, 0.6) is 0 Å². The average Bonchev–Trinajstić information content (AvgIpc) is 2.96. The highest BCUT2D eigenvalue weighted by Crippen LogP contribution is 2.21. The number of nitrogens with zero attached hydrogens (tertiary/aromatic N) is 2. The summed E-state index contributed by atoms with van der Waals surface area (Å²) in [4.78, 5) is 16.4. The zero-order valence-corrected chi connectivity index (χ0v) is 15.3. The number of benzene rings is 1. The lowest BCUT2D eigenvalue weighted by Crippen LogP contribution is -2.31. The Bertz CT molecular complexity index is 932. The molecule has 5 nitrogen and oxygen atoms in total. The lowest BCUT2D eigenvalue weighted by Gasteiger charge is -2.09. The molecule has 0 saturated carbocycles. The fourth-order valence-electron chi connectivity index (χ4n) is 3.01. The third-order valence-electron chi connectivity index (χ3n) is 4.16. The van der Waals surface area contributed by atoms with Crippen LogP contribution in [0.1, 0.15) is 19.4 Å². The Hall–Kier alpha value is -2.96. The van der Waals surface area contributed by atoms with E-state index in [1.165, 1.54) is 6.07 Å². The van der Waals surface area contributed by atoms with Gasteiger partial charge in [0.2, 0.25) is 0 Å². The molecule has 0 bridgehead atoms. The molecule has 3 aromatic rings. The molecule has 142 valence electrons. The molecular weight excluding hydrogens is 350 g/mol. The molecule has 2 aromatic heterocycles. The van der Waals surface area contributed by atoms with Crippen molar-refractivity contribution in [3.63, 3.8) is 0 Å². The number of urea groups is 1. The third kappa shape index (κ3) is 4.42. The number of rotatable bonds is 6. The molecule has 3 rings (SSSR count). The van der Waals surface area contributed by atoms with Gasteiger partial charge in [0.15, 0.2) is 0 Å². The van der Waals surface area contributed by atoms with E-state index < -0.39 is 23.4 Å². The van der Waals surface area contributed by atoms with Crippen molar-refractivity contribution in [2.24, 2.45) is 5.92 Å². The number of aromatic nitrogens is 2. The van der Waals surface area contributed by atoms with E-state index in [4.69, 9.17) is 0 Å². The molecule has 0 aliphatic rings. The second-order valence-corrected chi connectivity index (χ2v) is 6.80. The van der Waals surface area contributed by atoms with Gasteiger partial charge >= 0.3 is 6.03 Å². The minimum atomic E-state index is -0.812. The van der Waals surface area contributed by atoms with Gasteiger partial charge in [-0.15, -0.1) is 0 Å². The number of para-hydroxylation sites is 1. The van der Waals surface area contributed by atoms with Gasteiger partial charge in [0.1, 0.15) is 23.0 Å². The fraction of sp³-hybridized carbons (Fsp3) is 0.300. The Morgan fingerprint density at radius 2 is 1.93 bits per heavy atom. The van der Waals surface area contributed by atoms with Crippen LogP contribution in [0.25, 0.3) is 11.0 Å². The van der Waals surface area contributed by atoms with Gasteiger partial charge in [0, 0.05) is 30.9 Å². The van der Waals surface area contributed by atoms with Crippen molar-refractivity contribution < 1.29 is 13.6 Å². The molecule has 2 heterocycles. The standard InChI is InChI=1S/C20H22F2N4O/c1-13(2)11-26-12-14(15-5-4-9-23-19(15)26)8-10-24-20(27)25-18-16(21)6-3-7-17(18)22/h3-7,9,12-13H,8,10-11H2,1-2H3,(H2,24,25,27). The maximum Gasteiger partial charge on any atom is 0.319 e. The van der Waals surface area contributed by atoms with Crippen LogP contribution in [0.3, 0.4) is 0 Å². The molecule has 0 aliphatic carbocycles. The lowest BCUT2D eigenvalue weighted by molar-refractivity contribution is 0.252. The molecule has 0 unspecified atom stereocenters. The van der Waals surface area contributed by atoms with Crippen molar-refractivity contribution in [2.75, 3.05) is 11.9 Å². The summed E-state index contributed by atoms with van der Waals surface area (Å²) in [6, 6.07) is 6.66. The first-order valence-corrected chi connectivity index (χ1v) is 8.87. The Morgan fingerprint density at radius 3 is 2.63 bits per heavy atom. The van der Waals surface area contributed by atoms with Crippen LogP contribution in [-0.2, 0) is 13.0 Å². The normalized spacial score (nSPS) is 11.1. The van der Waals surface area contributed by atoms with Crippen LogP contribution in [0.4, 0.5) is 19.3 Å². The molecule has 27 heavy (non-hydrogen) atoms. The van der Waals surface area contributed by atoms with Gasteiger partial charge in [0.05, 0.1) is 0 Å². The van der Waals surface area contributed by atoms with Crippen LogP contribution in [0, 0.1) is 17.6 Å². The van der Waals surface area contributed by atoms with Crippen LogP contribution in [0.15, 0.2) is 42.7 Å². The largest absolute Gasteiger partial charge is 0.338 e. The van der Waals surface area contributed by atoms with E-state index in [-0.39, 0.29) is 0 Å². The highest BCUT2D eigenvalue weighted by molar-refractivity contribution is 5.89. The van der Waals surface area contributed by atoms with Crippen molar-refractivity contribution in [1.82, 2.24) is 14.9 Å². The van der Waals surface area contributed by atoms with Crippen LogP contribution >= 0.6 is 0 Å². The smallest absolute Gasteiger partial charge is 0.319 e. The molecule has 1 aromatic carbocycles. The summed E-state index contributed by atoms with van der Waals surface area (Å²) in [5.74, 6) is -1.14. The van der Waals surface area contributed by atoms with Gasteiger partial charge in [0.25, 0.3) is 0 Å². The van der Waals surface area contributed by atoms with Crippen molar-refractivity contribution in [1.29, 1.82) is 0 Å². The Balaban J connectivity index is 1.64. The number of halogens is 2. The van der Waals surface area contributed by atoms with Gasteiger partial charge in [-0.25, -0.2) is 18.6 Å². The predicted octanol–water partition coefficient (Wildman–Crippen LogP) is 4.33. The fourth-order valence-corrected chi connectivity index (χ4v) is 3.01. The van der Waals surface area contributed by atoms with Crippen LogP contribution in [0.2, 0.25) is 0 Å². The summed E-state index contributed by atoms with van der Waals surface area (Å²) in [5.41, 5.74) is 1.53. The van der Waals surface area contributed by atoms with Crippen molar-refractivity contribution in [3.8, 4) is 0 Å². The van der Waals surface area contributed by atoms with E-state index in [2.05, 4.69) is 34.0 Å². The van der Waals surface area contributed by atoms with Gasteiger partial charge in [-0.2, -0.15) is 0 Å². The summed E-state index contributed by atoms with van der Waals surface area (Å²) in [6.45, 7) is 5.47. The van der Waals surface area contributed by atoms with Crippen LogP contribution < -0.4 is 10.6 Å². The predicted molar refractivity (Wildman–Crippen MR) is 102 cm³/mol. The van der Waals surface area contributed by atoms with Gasteiger partial charge in [-0.1, -0.05) is 19.9 Å². The number of carbonyl (C=O) groups is 1. The quantitative estimate of drug-likeness (QED) is 0.676. The van der Waals surface area contributed by atoms with E-state index in [9.17, 15) is 13.6 Å². The van der Waals surface area contributed by atoms with Gasteiger partial charge < -0.3 is 15.2 Å². The maximum absolute atomic E-state index is 13.6. The molecule has 2 amide bonds. The topological polar surface area (TPSA) is 59.0 Å². The Labute approximate surface area is 156 Å². The number of hydrogen-bond donors (Lipinski definition) is 2. The Kier molecular flexibility index (Phi) is 5.69.